The van der Waals surface area contributed by atoms with Gasteiger partial charge in [0.05, 0.1) is 17.7 Å². The SMILES string of the molecule is O=C(CCN1C(=O)/C(=C/c2ccccc2)SC1=S)NCc1ccco1. The third-order valence-corrected chi connectivity index (χ3v) is 4.95. The van der Waals surface area contributed by atoms with E-state index in [0.29, 0.717) is 21.5 Å². The van der Waals surface area contributed by atoms with E-state index in [0.717, 1.165) is 5.56 Å². The number of thioether (sulfide) groups is 1. The van der Waals surface area contributed by atoms with E-state index in [1.54, 1.807) is 18.4 Å². The number of nitrogens with one attached hydrogen (secondary N) is 1. The molecule has 1 aliphatic rings. The molecular formula is C18H16N2O3S2. The molecule has 0 unspecified atom stereocenters. The van der Waals surface area contributed by atoms with Crippen LogP contribution < -0.4 is 5.32 Å². The minimum Gasteiger partial charge on any atom is -0.467 e. The highest BCUT2D eigenvalue weighted by Gasteiger charge is 2.31. The molecule has 0 spiro atoms. The van der Waals surface area contributed by atoms with Crippen LogP contribution in [-0.2, 0) is 16.1 Å². The number of thiocarbonyl (C=S) groups is 1. The van der Waals surface area contributed by atoms with E-state index in [9.17, 15) is 9.59 Å². The number of furan rings is 1. The van der Waals surface area contributed by atoms with E-state index in [1.165, 1.54) is 16.7 Å². The maximum absolute atomic E-state index is 12.5. The average molecular weight is 372 g/mol. The molecule has 3 rings (SSSR count). The maximum atomic E-state index is 12.5. The number of benzene rings is 1. The summed E-state index contributed by atoms with van der Waals surface area (Å²) in [6.45, 7) is 0.596. The molecule has 1 aliphatic heterocycles. The van der Waals surface area contributed by atoms with Crippen molar-refractivity contribution in [1.82, 2.24) is 10.2 Å². The lowest BCUT2D eigenvalue weighted by molar-refractivity contribution is -0.124. The van der Waals surface area contributed by atoms with E-state index in [2.05, 4.69) is 5.32 Å². The molecule has 1 aromatic carbocycles. The molecule has 1 fully saturated rings. The highest BCUT2D eigenvalue weighted by atomic mass is 32.2. The highest BCUT2D eigenvalue weighted by molar-refractivity contribution is 8.26. The van der Waals surface area contributed by atoms with E-state index >= 15 is 0 Å². The molecule has 0 radical (unpaired) electrons. The van der Waals surface area contributed by atoms with Crippen LogP contribution in [0.15, 0.2) is 58.1 Å². The number of amides is 2. The van der Waals surface area contributed by atoms with Crippen LogP contribution in [0.3, 0.4) is 0 Å². The fraction of sp³-hybridized carbons (Fsp3) is 0.167. The predicted octanol–water partition coefficient (Wildman–Crippen LogP) is 3.19. The van der Waals surface area contributed by atoms with Crippen LogP contribution in [0.4, 0.5) is 0 Å². The smallest absolute Gasteiger partial charge is 0.266 e. The minimum atomic E-state index is -0.155. The molecule has 25 heavy (non-hydrogen) atoms. The average Bonchev–Trinajstić information content (AvgIpc) is 3.22. The van der Waals surface area contributed by atoms with Gasteiger partial charge < -0.3 is 9.73 Å². The zero-order valence-corrected chi connectivity index (χ0v) is 14.9. The van der Waals surface area contributed by atoms with E-state index < -0.39 is 0 Å². The summed E-state index contributed by atoms with van der Waals surface area (Å²) in [5.74, 6) is 0.375. The molecule has 1 N–H and O–H groups in total. The lowest BCUT2D eigenvalue weighted by Crippen LogP contribution is -2.33. The van der Waals surface area contributed by atoms with Gasteiger partial charge in [0, 0.05) is 13.0 Å². The molecule has 1 saturated heterocycles. The molecular weight excluding hydrogens is 356 g/mol. The highest BCUT2D eigenvalue weighted by Crippen LogP contribution is 2.32. The Morgan fingerprint density at radius 3 is 2.76 bits per heavy atom. The van der Waals surface area contributed by atoms with Gasteiger partial charge in [-0.25, -0.2) is 0 Å². The zero-order valence-electron chi connectivity index (χ0n) is 13.3. The van der Waals surface area contributed by atoms with Crippen molar-refractivity contribution in [2.24, 2.45) is 0 Å². The van der Waals surface area contributed by atoms with Crippen molar-refractivity contribution >= 4 is 46.2 Å². The van der Waals surface area contributed by atoms with Gasteiger partial charge in [0.25, 0.3) is 5.91 Å². The second-order valence-corrected chi connectivity index (χ2v) is 7.03. The molecule has 2 amide bonds. The Hall–Kier alpha value is -2.38. The van der Waals surface area contributed by atoms with Crippen molar-refractivity contribution in [3.05, 3.63) is 65.0 Å². The molecule has 128 valence electrons. The number of carbonyl (C=O) groups is 2. The summed E-state index contributed by atoms with van der Waals surface area (Å²) in [6.07, 6.45) is 3.56. The second kappa shape index (κ2) is 8.13. The number of nitrogens with zero attached hydrogens (tertiary/aromatic N) is 1. The van der Waals surface area contributed by atoms with Crippen molar-refractivity contribution < 1.29 is 14.0 Å². The van der Waals surface area contributed by atoms with E-state index in [-0.39, 0.29) is 24.8 Å². The Morgan fingerprint density at radius 2 is 2.04 bits per heavy atom. The second-order valence-electron chi connectivity index (χ2n) is 5.35. The summed E-state index contributed by atoms with van der Waals surface area (Å²) in [6, 6.07) is 13.1. The first-order valence-corrected chi connectivity index (χ1v) is 8.95. The monoisotopic (exact) mass is 372 g/mol. The molecule has 2 heterocycles. The fourth-order valence-corrected chi connectivity index (χ4v) is 3.60. The quantitative estimate of drug-likeness (QED) is 0.623. The molecule has 5 nitrogen and oxygen atoms in total. The third-order valence-electron chi connectivity index (χ3n) is 3.57. The third kappa shape index (κ3) is 4.58. The first-order valence-electron chi connectivity index (χ1n) is 7.73. The van der Waals surface area contributed by atoms with E-state index in [4.69, 9.17) is 16.6 Å². The van der Waals surface area contributed by atoms with Crippen molar-refractivity contribution in [2.45, 2.75) is 13.0 Å². The maximum Gasteiger partial charge on any atom is 0.266 e. The van der Waals surface area contributed by atoms with Crippen molar-refractivity contribution in [3.8, 4) is 0 Å². The van der Waals surface area contributed by atoms with Gasteiger partial charge in [-0.2, -0.15) is 0 Å². The van der Waals surface area contributed by atoms with Gasteiger partial charge in [-0.05, 0) is 23.8 Å². The van der Waals surface area contributed by atoms with Crippen LogP contribution in [0.2, 0.25) is 0 Å². The Labute approximate surface area is 155 Å². The van der Waals surface area contributed by atoms with Crippen LogP contribution in [0.1, 0.15) is 17.7 Å². The lowest BCUT2D eigenvalue weighted by atomic mass is 10.2. The van der Waals surface area contributed by atoms with Gasteiger partial charge in [-0.15, -0.1) is 0 Å². The summed E-state index contributed by atoms with van der Waals surface area (Å²) in [5, 5.41) is 2.75. The summed E-state index contributed by atoms with van der Waals surface area (Å²) in [5.41, 5.74) is 0.944. The van der Waals surface area contributed by atoms with Crippen molar-refractivity contribution in [1.29, 1.82) is 0 Å². The van der Waals surface area contributed by atoms with Crippen molar-refractivity contribution in [2.75, 3.05) is 6.54 Å². The number of hydrogen-bond acceptors (Lipinski definition) is 5. The number of carbonyl (C=O) groups excluding carboxylic acids is 2. The normalized spacial score (nSPS) is 15.8. The molecule has 0 bridgehead atoms. The van der Waals surface area contributed by atoms with Crippen LogP contribution in [0, 0.1) is 0 Å². The summed E-state index contributed by atoms with van der Waals surface area (Å²) in [7, 11) is 0. The Balaban J connectivity index is 1.54. The molecule has 2 aromatic rings. The van der Waals surface area contributed by atoms with Gasteiger partial charge in [-0.1, -0.05) is 54.3 Å². The van der Waals surface area contributed by atoms with Crippen LogP contribution >= 0.6 is 24.0 Å². The number of hydrogen-bond donors (Lipinski definition) is 1. The minimum absolute atomic E-state index is 0.155. The lowest BCUT2D eigenvalue weighted by Gasteiger charge is -2.13. The zero-order chi connectivity index (χ0) is 17.6. The molecule has 7 heteroatoms. The summed E-state index contributed by atoms with van der Waals surface area (Å²) < 4.78 is 5.63. The molecule has 0 atom stereocenters. The van der Waals surface area contributed by atoms with Gasteiger partial charge in [0.2, 0.25) is 5.91 Å². The molecule has 0 saturated carbocycles. The van der Waals surface area contributed by atoms with Gasteiger partial charge in [0.15, 0.2) is 0 Å². The first-order chi connectivity index (χ1) is 12.1. The van der Waals surface area contributed by atoms with Gasteiger partial charge in [-0.3, -0.25) is 14.5 Å². The van der Waals surface area contributed by atoms with Gasteiger partial charge >= 0.3 is 0 Å². The predicted molar refractivity (Wildman–Crippen MR) is 101 cm³/mol. The van der Waals surface area contributed by atoms with Gasteiger partial charge in [0.1, 0.15) is 10.1 Å². The summed E-state index contributed by atoms with van der Waals surface area (Å²) in [4.78, 5) is 26.5. The largest absolute Gasteiger partial charge is 0.467 e. The number of rotatable bonds is 6. The standard InChI is InChI=1S/C18H16N2O3S2/c21-16(19-12-14-7-4-10-23-14)8-9-20-17(22)15(25-18(20)24)11-13-5-2-1-3-6-13/h1-7,10-11H,8-9,12H2,(H,19,21)/b15-11-. The van der Waals surface area contributed by atoms with E-state index in [1.807, 2.05) is 36.4 Å². The van der Waals surface area contributed by atoms with Crippen LogP contribution in [0.25, 0.3) is 6.08 Å². The Morgan fingerprint density at radius 1 is 1.24 bits per heavy atom. The summed E-state index contributed by atoms with van der Waals surface area (Å²) >= 11 is 6.53. The van der Waals surface area contributed by atoms with Crippen LogP contribution in [-0.4, -0.2) is 27.6 Å². The molecule has 0 aliphatic carbocycles. The van der Waals surface area contributed by atoms with Crippen LogP contribution in [0.5, 0.6) is 0 Å². The first kappa shape index (κ1) is 17.4. The molecule has 1 aromatic heterocycles. The fourth-order valence-electron chi connectivity index (χ4n) is 2.29. The Kier molecular flexibility index (Phi) is 5.67. The topological polar surface area (TPSA) is 62.6 Å². The Bertz CT molecular complexity index is 801. The van der Waals surface area contributed by atoms with Crippen molar-refractivity contribution in [3.63, 3.8) is 0 Å².